The van der Waals surface area contributed by atoms with Crippen LogP contribution >= 0.6 is 0 Å². The molecule has 0 amide bonds. The Kier molecular flexibility index (Phi) is 4.45. The number of hydrogen-bond donors (Lipinski definition) is 1. The second-order valence-electron chi connectivity index (χ2n) is 6.32. The van der Waals surface area contributed by atoms with Gasteiger partial charge in [-0.05, 0) is 26.0 Å². The molecule has 1 aromatic carbocycles. The quantitative estimate of drug-likeness (QED) is 0.831. The van der Waals surface area contributed by atoms with Crippen LogP contribution < -0.4 is 14.8 Å². The third-order valence-electron chi connectivity index (χ3n) is 3.64. The van der Waals surface area contributed by atoms with Crippen molar-refractivity contribution in [1.29, 1.82) is 0 Å². The highest BCUT2D eigenvalue weighted by molar-refractivity contribution is 5.50. The molecule has 0 fully saturated rings. The van der Waals surface area contributed by atoms with Crippen molar-refractivity contribution in [2.24, 2.45) is 0 Å². The molecule has 1 aliphatic heterocycles. The molecule has 0 saturated heterocycles. The SMILES string of the molecule is CC1(C)Cc2cccc(OCCNc3nccc(C(F)(F)F)n3)c2O1. The van der Waals surface area contributed by atoms with Crippen molar-refractivity contribution in [3.8, 4) is 11.5 Å². The van der Waals surface area contributed by atoms with Gasteiger partial charge in [-0.2, -0.15) is 13.2 Å². The first-order chi connectivity index (χ1) is 11.7. The lowest BCUT2D eigenvalue weighted by Crippen LogP contribution is -2.24. The molecule has 1 N–H and O–H groups in total. The topological polar surface area (TPSA) is 56.3 Å². The van der Waals surface area contributed by atoms with Gasteiger partial charge in [0, 0.05) is 18.2 Å². The van der Waals surface area contributed by atoms with Crippen molar-refractivity contribution in [2.45, 2.75) is 32.0 Å². The minimum Gasteiger partial charge on any atom is -0.488 e. The second kappa shape index (κ2) is 6.42. The molecule has 0 unspecified atom stereocenters. The lowest BCUT2D eigenvalue weighted by atomic mass is 10.0. The summed E-state index contributed by atoms with van der Waals surface area (Å²) in [4.78, 5) is 7.21. The van der Waals surface area contributed by atoms with E-state index in [0.29, 0.717) is 5.75 Å². The van der Waals surface area contributed by atoms with Gasteiger partial charge in [-0.3, -0.25) is 0 Å². The van der Waals surface area contributed by atoms with Crippen LogP contribution in [0.4, 0.5) is 19.1 Å². The Morgan fingerprint density at radius 3 is 2.84 bits per heavy atom. The fraction of sp³-hybridized carbons (Fsp3) is 0.412. The highest BCUT2D eigenvalue weighted by Gasteiger charge is 2.33. The third-order valence-corrected chi connectivity index (χ3v) is 3.64. The van der Waals surface area contributed by atoms with Crippen LogP contribution in [0.2, 0.25) is 0 Å². The average Bonchev–Trinajstić information content (AvgIpc) is 2.85. The van der Waals surface area contributed by atoms with Crippen molar-refractivity contribution < 1.29 is 22.6 Å². The first kappa shape index (κ1) is 17.3. The Hall–Kier alpha value is -2.51. The number of alkyl halides is 3. The van der Waals surface area contributed by atoms with Gasteiger partial charge < -0.3 is 14.8 Å². The van der Waals surface area contributed by atoms with E-state index in [0.717, 1.165) is 30.0 Å². The van der Waals surface area contributed by atoms with Crippen LogP contribution in [0.3, 0.4) is 0 Å². The largest absolute Gasteiger partial charge is 0.488 e. The van der Waals surface area contributed by atoms with Crippen LogP contribution in [0.1, 0.15) is 25.1 Å². The summed E-state index contributed by atoms with van der Waals surface area (Å²) in [5.74, 6) is 1.26. The minimum absolute atomic E-state index is 0.0888. The molecule has 0 radical (unpaired) electrons. The van der Waals surface area contributed by atoms with Gasteiger partial charge in [-0.25, -0.2) is 9.97 Å². The smallest absolute Gasteiger partial charge is 0.433 e. The van der Waals surface area contributed by atoms with E-state index >= 15 is 0 Å². The number of benzene rings is 1. The van der Waals surface area contributed by atoms with E-state index in [1.54, 1.807) is 6.07 Å². The summed E-state index contributed by atoms with van der Waals surface area (Å²) in [7, 11) is 0. The average molecular weight is 353 g/mol. The number of para-hydroxylation sites is 1. The summed E-state index contributed by atoms with van der Waals surface area (Å²) in [6.07, 6.45) is -2.63. The molecular weight excluding hydrogens is 335 g/mol. The zero-order valence-electron chi connectivity index (χ0n) is 13.9. The predicted molar refractivity (Wildman–Crippen MR) is 85.9 cm³/mol. The fourth-order valence-electron chi connectivity index (χ4n) is 2.63. The van der Waals surface area contributed by atoms with Crippen LogP contribution in [0.5, 0.6) is 11.5 Å². The van der Waals surface area contributed by atoms with E-state index in [1.165, 1.54) is 0 Å². The summed E-state index contributed by atoms with van der Waals surface area (Å²) in [5, 5.41) is 2.72. The van der Waals surface area contributed by atoms with Crippen molar-refractivity contribution in [3.63, 3.8) is 0 Å². The summed E-state index contributed by atoms with van der Waals surface area (Å²) < 4.78 is 49.4. The number of rotatable bonds is 5. The van der Waals surface area contributed by atoms with Gasteiger partial charge in [0.2, 0.25) is 5.95 Å². The maximum absolute atomic E-state index is 12.6. The Morgan fingerprint density at radius 2 is 2.08 bits per heavy atom. The van der Waals surface area contributed by atoms with Gasteiger partial charge in [0.05, 0.1) is 6.54 Å². The van der Waals surface area contributed by atoms with Gasteiger partial charge in [-0.1, -0.05) is 12.1 Å². The lowest BCUT2D eigenvalue weighted by molar-refractivity contribution is -0.141. The molecule has 1 aliphatic rings. The number of nitrogens with zero attached hydrogens (tertiary/aromatic N) is 2. The second-order valence-corrected chi connectivity index (χ2v) is 6.32. The molecular formula is C17H18F3N3O2. The van der Waals surface area contributed by atoms with Gasteiger partial charge in [0.1, 0.15) is 17.9 Å². The molecule has 5 nitrogen and oxygen atoms in total. The first-order valence-corrected chi connectivity index (χ1v) is 7.82. The molecule has 25 heavy (non-hydrogen) atoms. The first-order valence-electron chi connectivity index (χ1n) is 7.82. The summed E-state index contributed by atoms with van der Waals surface area (Å²) in [6, 6.07) is 6.52. The molecule has 1 aromatic heterocycles. The van der Waals surface area contributed by atoms with Crippen LogP contribution in [-0.2, 0) is 12.6 Å². The Balaban J connectivity index is 1.56. The van der Waals surface area contributed by atoms with E-state index in [1.807, 2.05) is 26.0 Å². The van der Waals surface area contributed by atoms with Gasteiger partial charge in [0.15, 0.2) is 11.5 Å². The van der Waals surface area contributed by atoms with E-state index in [9.17, 15) is 13.2 Å². The molecule has 8 heteroatoms. The van der Waals surface area contributed by atoms with Crippen LogP contribution in [0.25, 0.3) is 0 Å². The molecule has 0 bridgehead atoms. The van der Waals surface area contributed by atoms with E-state index in [-0.39, 0.29) is 24.7 Å². The number of aromatic nitrogens is 2. The Labute approximate surface area is 143 Å². The highest BCUT2D eigenvalue weighted by atomic mass is 19.4. The molecule has 134 valence electrons. The summed E-state index contributed by atoms with van der Waals surface area (Å²) in [5.41, 5.74) is -0.176. The van der Waals surface area contributed by atoms with Crippen molar-refractivity contribution in [1.82, 2.24) is 9.97 Å². The molecule has 2 aromatic rings. The number of fused-ring (bicyclic) bond motifs is 1. The van der Waals surface area contributed by atoms with Crippen molar-refractivity contribution in [2.75, 3.05) is 18.5 Å². The number of ether oxygens (including phenoxy) is 2. The normalized spacial score (nSPS) is 15.4. The standard InChI is InChI=1S/C17H18F3N3O2/c1-16(2)10-11-4-3-5-12(14(11)25-16)24-9-8-22-15-21-7-6-13(23-15)17(18,19)20/h3-7H,8-10H2,1-2H3,(H,21,22,23). The maximum Gasteiger partial charge on any atom is 0.433 e. The molecule has 0 saturated carbocycles. The van der Waals surface area contributed by atoms with Crippen molar-refractivity contribution in [3.05, 3.63) is 41.7 Å². The number of anilines is 1. The fourth-order valence-corrected chi connectivity index (χ4v) is 2.63. The molecule has 3 rings (SSSR count). The maximum atomic E-state index is 12.6. The number of hydrogen-bond acceptors (Lipinski definition) is 5. The third kappa shape index (κ3) is 4.12. The lowest BCUT2D eigenvalue weighted by Gasteiger charge is -2.18. The zero-order chi connectivity index (χ0) is 18.1. The van der Waals surface area contributed by atoms with E-state index < -0.39 is 11.9 Å². The molecule has 0 atom stereocenters. The molecule has 2 heterocycles. The number of halogens is 3. The highest BCUT2D eigenvalue weighted by Crippen LogP contribution is 2.41. The van der Waals surface area contributed by atoms with Gasteiger partial charge in [0.25, 0.3) is 0 Å². The van der Waals surface area contributed by atoms with E-state index in [2.05, 4.69) is 15.3 Å². The van der Waals surface area contributed by atoms with Crippen LogP contribution in [-0.4, -0.2) is 28.7 Å². The van der Waals surface area contributed by atoms with Crippen LogP contribution in [0.15, 0.2) is 30.5 Å². The Bertz CT molecular complexity index is 763. The number of nitrogens with one attached hydrogen (secondary N) is 1. The van der Waals surface area contributed by atoms with Gasteiger partial charge >= 0.3 is 6.18 Å². The monoisotopic (exact) mass is 353 g/mol. The molecule has 0 spiro atoms. The molecule has 0 aliphatic carbocycles. The zero-order valence-corrected chi connectivity index (χ0v) is 13.9. The predicted octanol–water partition coefficient (Wildman–Crippen LogP) is 3.70. The summed E-state index contributed by atoms with van der Waals surface area (Å²) in [6.45, 7) is 4.50. The summed E-state index contributed by atoms with van der Waals surface area (Å²) >= 11 is 0. The Morgan fingerprint density at radius 1 is 1.28 bits per heavy atom. The minimum atomic E-state index is -4.50. The van der Waals surface area contributed by atoms with Crippen LogP contribution in [0, 0.1) is 0 Å². The van der Waals surface area contributed by atoms with Crippen molar-refractivity contribution >= 4 is 5.95 Å². The van der Waals surface area contributed by atoms with E-state index in [4.69, 9.17) is 9.47 Å². The van der Waals surface area contributed by atoms with Gasteiger partial charge in [-0.15, -0.1) is 0 Å².